The number of nitrogens with zero attached hydrogens (tertiary/aromatic N) is 1. The van der Waals surface area contributed by atoms with Gasteiger partial charge in [0, 0.05) is 11.1 Å². The molecule has 0 fully saturated rings. The lowest BCUT2D eigenvalue weighted by atomic mass is 10.2. The van der Waals surface area contributed by atoms with Gasteiger partial charge in [-0.15, -0.1) is 0 Å². The van der Waals surface area contributed by atoms with E-state index in [0.717, 1.165) is 0 Å². The summed E-state index contributed by atoms with van der Waals surface area (Å²) in [5.41, 5.74) is 5.04. The van der Waals surface area contributed by atoms with Crippen LogP contribution in [-0.2, 0) is 4.79 Å². The van der Waals surface area contributed by atoms with Gasteiger partial charge in [0.25, 0.3) is 0 Å². The molecule has 0 bridgehead atoms. The number of carbonyl (C=O) groups excluding carboxylic acids is 2. The van der Waals surface area contributed by atoms with Crippen molar-refractivity contribution in [2.45, 2.75) is 19.9 Å². The summed E-state index contributed by atoms with van der Waals surface area (Å²) in [5.74, 6) is -1.88. The highest BCUT2D eigenvalue weighted by atomic mass is 35.5. The zero-order valence-corrected chi connectivity index (χ0v) is 12.3. The van der Waals surface area contributed by atoms with E-state index in [1.165, 1.54) is 23.1 Å². The Morgan fingerprint density at radius 1 is 1.38 bits per heavy atom. The summed E-state index contributed by atoms with van der Waals surface area (Å²) in [5, 5.41) is 11.8. The molecule has 0 saturated heterocycles. The van der Waals surface area contributed by atoms with Gasteiger partial charge >= 0.3 is 12.0 Å². The predicted octanol–water partition coefficient (Wildman–Crippen LogP) is 1.77. The fourth-order valence-electron chi connectivity index (χ4n) is 1.65. The topological polar surface area (TPSA) is 113 Å². The van der Waals surface area contributed by atoms with Crippen LogP contribution in [0.2, 0.25) is 5.02 Å². The number of carboxylic acid groups (broad SMARTS) is 1. The molecule has 1 aromatic rings. The first-order valence-corrected chi connectivity index (χ1v) is 6.49. The zero-order chi connectivity index (χ0) is 16.2. The summed E-state index contributed by atoms with van der Waals surface area (Å²) < 4.78 is 0. The number of hydrogen-bond acceptors (Lipinski definition) is 3. The first-order valence-electron chi connectivity index (χ1n) is 6.11. The molecule has 1 rings (SSSR count). The molecule has 3 amide bonds. The minimum Gasteiger partial charge on any atom is -0.478 e. The van der Waals surface area contributed by atoms with Crippen molar-refractivity contribution in [3.05, 3.63) is 28.8 Å². The van der Waals surface area contributed by atoms with Crippen LogP contribution in [0.3, 0.4) is 0 Å². The second-order valence-corrected chi connectivity index (χ2v) is 5.05. The summed E-state index contributed by atoms with van der Waals surface area (Å²) in [7, 11) is 0. The van der Waals surface area contributed by atoms with Gasteiger partial charge in [0.2, 0.25) is 5.91 Å². The molecular formula is C13H16ClN3O4. The fraction of sp³-hybridized carbons (Fsp3) is 0.308. The number of amides is 3. The normalized spacial score (nSPS) is 10.3. The average molecular weight is 314 g/mol. The Labute approximate surface area is 126 Å². The molecular weight excluding hydrogens is 298 g/mol. The van der Waals surface area contributed by atoms with Gasteiger partial charge in [0.1, 0.15) is 6.54 Å². The van der Waals surface area contributed by atoms with Crippen LogP contribution >= 0.6 is 11.6 Å². The predicted molar refractivity (Wildman–Crippen MR) is 78.5 cm³/mol. The van der Waals surface area contributed by atoms with Crippen molar-refractivity contribution in [1.82, 2.24) is 4.90 Å². The highest BCUT2D eigenvalue weighted by Crippen LogP contribution is 2.21. The Hall–Kier alpha value is -2.28. The highest BCUT2D eigenvalue weighted by Gasteiger charge is 2.21. The molecule has 114 valence electrons. The number of nitrogens with two attached hydrogens (primary N) is 1. The maximum atomic E-state index is 12.1. The van der Waals surface area contributed by atoms with E-state index in [0.29, 0.717) is 0 Å². The average Bonchev–Trinajstić information content (AvgIpc) is 2.37. The molecule has 8 heteroatoms. The van der Waals surface area contributed by atoms with Crippen LogP contribution < -0.4 is 11.1 Å². The molecule has 0 aliphatic carbocycles. The van der Waals surface area contributed by atoms with E-state index in [9.17, 15) is 14.4 Å². The maximum Gasteiger partial charge on any atom is 0.337 e. The van der Waals surface area contributed by atoms with E-state index in [2.05, 4.69) is 5.32 Å². The quantitative estimate of drug-likeness (QED) is 0.768. The molecule has 1 aromatic carbocycles. The van der Waals surface area contributed by atoms with Crippen LogP contribution in [0.15, 0.2) is 18.2 Å². The van der Waals surface area contributed by atoms with Crippen molar-refractivity contribution in [3.63, 3.8) is 0 Å². The molecule has 0 unspecified atom stereocenters. The Morgan fingerprint density at radius 2 is 2.00 bits per heavy atom. The van der Waals surface area contributed by atoms with Gasteiger partial charge in [-0.2, -0.15) is 0 Å². The zero-order valence-electron chi connectivity index (χ0n) is 11.6. The summed E-state index contributed by atoms with van der Waals surface area (Å²) in [6.45, 7) is 3.16. The largest absolute Gasteiger partial charge is 0.478 e. The number of benzene rings is 1. The van der Waals surface area contributed by atoms with Gasteiger partial charge in [-0.3, -0.25) is 4.79 Å². The van der Waals surface area contributed by atoms with Crippen LogP contribution in [0, 0.1) is 0 Å². The lowest BCUT2D eigenvalue weighted by Crippen LogP contribution is -2.45. The molecule has 0 aliphatic heterocycles. The van der Waals surface area contributed by atoms with Gasteiger partial charge in [0.15, 0.2) is 0 Å². The van der Waals surface area contributed by atoms with E-state index < -0.39 is 17.9 Å². The molecule has 7 nitrogen and oxygen atoms in total. The van der Waals surface area contributed by atoms with Gasteiger partial charge in [-0.05, 0) is 32.0 Å². The number of rotatable bonds is 5. The molecule has 4 N–H and O–H groups in total. The Morgan fingerprint density at radius 3 is 2.48 bits per heavy atom. The second-order valence-electron chi connectivity index (χ2n) is 4.61. The number of hydrogen-bond donors (Lipinski definition) is 3. The minimum absolute atomic E-state index is 0.0898. The highest BCUT2D eigenvalue weighted by molar-refractivity contribution is 6.31. The van der Waals surface area contributed by atoms with Crippen molar-refractivity contribution in [1.29, 1.82) is 0 Å². The molecule has 0 saturated carbocycles. The van der Waals surface area contributed by atoms with Crippen molar-refractivity contribution >= 4 is 35.2 Å². The molecule has 0 radical (unpaired) electrons. The first kappa shape index (κ1) is 16.8. The summed E-state index contributed by atoms with van der Waals surface area (Å²) in [6.07, 6.45) is 0. The Bertz CT molecular complexity index is 575. The number of aromatic carboxylic acids is 1. The number of anilines is 1. The summed E-state index contributed by atoms with van der Waals surface area (Å²) in [6, 6.07) is 3.17. The van der Waals surface area contributed by atoms with Crippen LogP contribution in [0.25, 0.3) is 0 Å². The van der Waals surface area contributed by atoms with Crippen molar-refractivity contribution in [2.75, 3.05) is 11.9 Å². The van der Waals surface area contributed by atoms with E-state index in [1.54, 1.807) is 13.8 Å². The Kier molecular flexibility index (Phi) is 5.54. The molecule has 0 heterocycles. The molecule has 21 heavy (non-hydrogen) atoms. The van der Waals surface area contributed by atoms with Crippen LogP contribution in [-0.4, -0.2) is 40.5 Å². The van der Waals surface area contributed by atoms with E-state index in [4.69, 9.17) is 22.4 Å². The van der Waals surface area contributed by atoms with Crippen LogP contribution in [0.1, 0.15) is 24.2 Å². The lowest BCUT2D eigenvalue weighted by Gasteiger charge is -2.25. The van der Waals surface area contributed by atoms with Gasteiger partial charge < -0.3 is 21.1 Å². The standard InChI is InChI=1S/C13H16ClN3O4/c1-7(2)17(6-11(15)18)13(21)16-10-4-3-8(14)5-9(10)12(19)20/h3-5,7H,6H2,1-2H3,(H2,15,18)(H,16,21)(H,19,20). The molecule has 0 aromatic heterocycles. The molecule has 0 atom stereocenters. The summed E-state index contributed by atoms with van der Waals surface area (Å²) >= 11 is 5.73. The number of carbonyl (C=O) groups is 3. The molecule has 0 spiro atoms. The van der Waals surface area contributed by atoms with Crippen LogP contribution in [0.4, 0.5) is 10.5 Å². The number of urea groups is 1. The number of halogens is 1. The SMILES string of the molecule is CC(C)N(CC(N)=O)C(=O)Nc1ccc(Cl)cc1C(=O)O. The number of primary amides is 1. The molecule has 0 aliphatic rings. The van der Waals surface area contributed by atoms with Crippen molar-refractivity contribution in [2.24, 2.45) is 5.73 Å². The number of carboxylic acids is 1. The fourth-order valence-corrected chi connectivity index (χ4v) is 1.82. The maximum absolute atomic E-state index is 12.1. The number of nitrogens with one attached hydrogen (secondary N) is 1. The van der Waals surface area contributed by atoms with Gasteiger partial charge in [-0.25, -0.2) is 9.59 Å². The third-order valence-corrected chi connectivity index (χ3v) is 2.90. The van der Waals surface area contributed by atoms with Gasteiger partial charge in [-0.1, -0.05) is 11.6 Å². The Balaban J connectivity index is 3.01. The second kappa shape index (κ2) is 6.94. The van der Waals surface area contributed by atoms with E-state index >= 15 is 0 Å². The third kappa shape index (κ3) is 4.64. The monoisotopic (exact) mass is 313 g/mol. The third-order valence-electron chi connectivity index (χ3n) is 2.66. The van der Waals surface area contributed by atoms with Crippen LogP contribution in [0.5, 0.6) is 0 Å². The van der Waals surface area contributed by atoms with E-state index in [1.807, 2.05) is 0 Å². The van der Waals surface area contributed by atoms with E-state index in [-0.39, 0.29) is 28.9 Å². The summed E-state index contributed by atoms with van der Waals surface area (Å²) in [4.78, 5) is 35.4. The van der Waals surface area contributed by atoms with Crippen molar-refractivity contribution < 1.29 is 19.5 Å². The van der Waals surface area contributed by atoms with Gasteiger partial charge in [0.05, 0.1) is 11.3 Å². The smallest absolute Gasteiger partial charge is 0.337 e. The van der Waals surface area contributed by atoms with Crippen molar-refractivity contribution in [3.8, 4) is 0 Å². The minimum atomic E-state index is -1.22. The lowest BCUT2D eigenvalue weighted by molar-refractivity contribution is -0.118. The first-order chi connectivity index (χ1) is 9.72.